The van der Waals surface area contributed by atoms with E-state index in [0.29, 0.717) is 0 Å². The molecule has 0 aliphatic heterocycles. The summed E-state index contributed by atoms with van der Waals surface area (Å²) >= 11 is 0. The van der Waals surface area contributed by atoms with Crippen LogP contribution >= 0.6 is 0 Å². The summed E-state index contributed by atoms with van der Waals surface area (Å²) in [7, 11) is 0. The van der Waals surface area contributed by atoms with Crippen molar-refractivity contribution in [2.75, 3.05) is 4.90 Å². The molecule has 0 unspecified atom stereocenters. The predicted molar refractivity (Wildman–Crippen MR) is 183 cm³/mol. The van der Waals surface area contributed by atoms with Crippen LogP contribution < -0.4 is 4.90 Å². The summed E-state index contributed by atoms with van der Waals surface area (Å²) in [5.41, 5.74) is 13.4. The van der Waals surface area contributed by atoms with E-state index in [0.717, 1.165) is 33.6 Å². The quantitative estimate of drug-likeness (QED) is 0.213. The van der Waals surface area contributed by atoms with Crippen LogP contribution in [0.15, 0.2) is 108 Å². The van der Waals surface area contributed by atoms with Crippen molar-refractivity contribution in [3.63, 3.8) is 0 Å². The van der Waals surface area contributed by atoms with Gasteiger partial charge < -0.3 is 9.32 Å². The molecule has 216 valence electrons. The lowest BCUT2D eigenvalue weighted by Gasteiger charge is -2.30. The number of fused-ring (bicyclic) bond motifs is 6. The average Bonchev–Trinajstić information content (AvgIpc) is 3.44. The Labute approximate surface area is 256 Å². The van der Waals surface area contributed by atoms with Crippen LogP contribution in [0.1, 0.15) is 77.6 Å². The molecule has 1 aliphatic rings. The van der Waals surface area contributed by atoms with Crippen molar-refractivity contribution >= 4 is 39.0 Å². The minimum Gasteiger partial charge on any atom is -0.456 e. The topological polar surface area (TPSA) is 16.4 Å². The lowest BCUT2D eigenvalue weighted by molar-refractivity contribution is 0.530. The summed E-state index contributed by atoms with van der Waals surface area (Å²) in [5, 5.41) is 2.32. The van der Waals surface area contributed by atoms with Crippen LogP contribution in [0.4, 0.5) is 17.1 Å². The SMILES string of the molecule is CC(C)(C)c1cc2oc3ccc(N(c4ccccc4)c4ccc5c(c4)C(C)(C)c4ccccc4-5)cc3c2cc1C(C)(C)C. The Bertz CT molecular complexity index is 2010. The summed E-state index contributed by atoms with van der Waals surface area (Å²) in [5.74, 6) is 0. The zero-order chi connectivity index (χ0) is 30.3. The molecular weight excluding hydrogens is 522 g/mol. The van der Waals surface area contributed by atoms with Gasteiger partial charge in [0.15, 0.2) is 0 Å². The second-order valence-electron chi connectivity index (χ2n) is 14.7. The van der Waals surface area contributed by atoms with E-state index in [9.17, 15) is 0 Å². The van der Waals surface area contributed by atoms with Gasteiger partial charge >= 0.3 is 0 Å². The second-order valence-corrected chi connectivity index (χ2v) is 14.7. The predicted octanol–water partition coefficient (Wildman–Crippen LogP) is 12.0. The van der Waals surface area contributed by atoms with E-state index in [2.05, 4.69) is 163 Å². The summed E-state index contributed by atoms with van der Waals surface area (Å²) in [6.07, 6.45) is 0. The Morgan fingerprint density at radius 2 is 1.09 bits per heavy atom. The van der Waals surface area contributed by atoms with Crippen molar-refractivity contribution in [1.29, 1.82) is 0 Å². The monoisotopic (exact) mass is 563 g/mol. The summed E-state index contributed by atoms with van der Waals surface area (Å²) in [4.78, 5) is 2.38. The molecule has 0 N–H and O–H groups in total. The van der Waals surface area contributed by atoms with E-state index in [1.54, 1.807) is 0 Å². The number of benzene rings is 5. The van der Waals surface area contributed by atoms with Gasteiger partial charge in [-0.25, -0.2) is 0 Å². The maximum absolute atomic E-state index is 6.51. The van der Waals surface area contributed by atoms with Crippen LogP contribution in [0.5, 0.6) is 0 Å². The summed E-state index contributed by atoms with van der Waals surface area (Å²) in [6.45, 7) is 18.5. The maximum Gasteiger partial charge on any atom is 0.135 e. The maximum atomic E-state index is 6.51. The first-order valence-corrected chi connectivity index (χ1v) is 15.4. The molecule has 7 rings (SSSR count). The molecule has 5 aromatic carbocycles. The van der Waals surface area contributed by atoms with Crippen LogP contribution in [-0.4, -0.2) is 0 Å². The molecule has 43 heavy (non-hydrogen) atoms. The average molecular weight is 564 g/mol. The highest BCUT2D eigenvalue weighted by Gasteiger charge is 2.36. The fourth-order valence-corrected chi connectivity index (χ4v) is 7.05. The van der Waals surface area contributed by atoms with Crippen molar-refractivity contribution in [2.45, 2.75) is 71.6 Å². The molecule has 0 radical (unpaired) electrons. The third-order valence-electron chi connectivity index (χ3n) is 9.31. The Morgan fingerprint density at radius 3 is 1.81 bits per heavy atom. The first-order valence-electron chi connectivity index (χ1n) is 15.4. The van der Waals surface area contributed by atoms with Crippen LogP contribution in [0.2, 0.25) is 0 Å². The van der Waals surface area contributed by atoms with Crippen molar-refractivity contribution in [2.24, 2.45) is 0 Å². The summed E-state index contributed by atoms with van der Waals surface area (Å²) in [6, 6.07) is 37.8. The van der Waals surface area contributed by atoms with Crippen LogP contribution in [0, 0.1) is 0 Å². The van der Waals surface area contributed by atoms with Crippen LogP contribution in [0.3, 0.4) is 0 Å². The number of hydrogen-bond donors (Lipinski definition) is 0. The number of anilines is 3. The lowest BCUT2D eigenvalue weighted by Crippen LogP contribution is -2.21. The van der Waals surface area contributed by atoms with Gasteiger partial charge in [0.25, 0.3) is 0 Å². The Morgan fingerprint density at radius 1 is 0.512 bits per heavy atom. The Balaban J connectivity index is 1.44. The first kappa shape index (κ1) is 27.5. The number of furan rings is 1. The van der Waals surface area contributed by atoms with E-state index in [-0.39, 0.29) is 16.2 Å². The molecule has 0 amide bonds. The lowest BCUT2D eigenvalue weighted by atomic mass is 9.75. The molecule has 0 spiro atoms. The van der Waals surface area contributed by atoms with Gasteiger partial charge in [-0.15, -0.1) is 0 Å². The van der Waals surface area contributed by atoms with Crippen LogP contribution in [0.25, 0.3) is 33.1 Å². The zero-order valence-corrected chi connectivity index (χ0v) is 26.7. The zero-order valence-electron chi connectivity index (χ0n) is 26.7. The van der Waals surface area contributed by atoms with Crippen LogP contribution in [-0.2, 0) is 16.2 Å². The molecule has 0 saturated heterocycles. The number of rotatable bonds is 3. The smallest absolute Gasteiger partial charge is 0.135 e. The number of nitrogens with zero attached hydrogens (tertiary/aromatic N) is 1. The molecular formula is C41H41NO. The van der Waals surface area contributed by atoms with Gasteiger partial charge in [0, 0.05) is 33.2 Å². The summed E-state index contributed by atoms with van der Waals surface area (Å²) < 4.78 is 6.51. The molecule has 2 heteroatoms. The molecule has 2 nitrogen and oxygen atoms in total. The molecule has 0 saturated carbocycles. The Hall–Kier alpha value is -4.30. The minimum atomic E-state index is -0.0663. The molecule has 1 heterocycles. The van der Waals surface area contributed by atoms with Crippen molar-refractivity contribution in [3.05, 3.63) is 125 Å². The fraction of sp³-hybridized carbons (Fsp3) is 0.268. The molecule has 1 aromatic heterocycles. The normalized spacial score (nSPS) is 14.2. The molecule has 0 bridgehead atoms. The third kappa shape index (κ3) is 4.38. The highest BCUT2D eigenvalue weighted by molar-refractivity contribution is 6.07. The van der Waals surface area contributed by atoms with Gasteiger partial charge in [-0.05, 0) is 98.8 Å². The van der Waals surface area contributed by atoms with Gasteiger partial charge in [0.1, 0.15) is 11.2 Å². The number of hydrogen-bond acceptors (Lipinski definition) is 2. The second kappa shape index (κ2) is 9.35. The van der Waals surface area contributed by atoms with E-state index >= 15 is 0 Å². The van der Waals surface area contributed by atoms with Crippen molar-refractivity contribution < 1.29 is 4.42 Å². The van der Waals surface area contributed by atoms with E-state index < -0.39 is 0 Å². The van der Waals surface area contributed by atoms with Gasteiger partial charge in [0.2, 0.25) is 0 Å². The van der Waals surface area contributed by atoms with E-state index in [4.69, 9.17) is 4.42 Å². The van der Waals surface area contributed by atoms with Gasteiger partial charge in [-0.1, -0.05) is 104 Å². The Kier molecular flexibility index (Phi) is 5.98. The first-order chi connectivity index (χ1) is 20.3. The standard InChI is InChI=1S/C41H41NO/c1-39(2,3)35-24-32-31-22-27(19-21-37(31)43-38(32)25-36(35)40(4,5)6)42(26-14-10-9-11-15-26)28-18-20-30-29-16-12-13-17-33(29)41(7,8)34(30)23-28/h9-25H,1-8H3. The largest absolute Gasteiger partial charge is 0.456 e. The molecule has 0 atom stereocenters. The highest BCUT2D eigenvalue weighted by Crippen LogP contribution is 2.51. The highest BCUT2D eigenvalue weighted by atomic mass is 16.3. The van der Waals surface area contributed by atoms with E-state index in [1.165, 1.54) is 38.8 Å². The van der Waals surface area contributed by atoms with Gasteiger partial charge in [0.05, 0.1) is 0 Å². The minimum absolute atomic E-state index is 0.0167. The molecule has 6 aromatic rings. The van der Waals surface area contributed by atoms with Crippen molar-refractivity contribution in [1.82, 2.24) is 0 Å². The molecule has 0 fully saturated rings. The fourth-order valence-electron chi connectivity index (χ4n) is 7.05. The number of para-hydroxylation sites is 1. The third-order valence-corrected chi connectivity index (χ3v) is 9.31. The van der Waals surface area contributed by atoms with Gasteiger partial charge in [-0.3, -0.25) is 0 Å². The van der Waals surface area contributed by atoms with Crippen molar-refractivity contribution in [3.8, 4) is 11.1 Å². The van der Waals surface area contributed by atoms with E-state index in [1.807, 2.05) is 0 Å². The van der Waals surface area contributed by atoms with Gasteiger partial charge in [-0.2, -0.15) is 0 Å². The molecule has 1 aliphatic carbocycles.